The second-order valence-corrected chi connectivity index (χ2v) is 8.09. The van der Waals surface area contributed by atoms with Crippen LogP contribution in [0.15, 0.2) is 53.4 Å². The third-order valence-corrected chi connectivity index (χ3v) is 5.92. The largest absolute Gasteiger partial charge is 0.492 e. The number of nitrogens with zero attached hydrogens (tertiary/aromatic N) is 7. The summed E-state index contributed by atoms with van der Waals surface area (Å²) in [4.78, 5) is 10.3. The molecule has 0 saturated carbocycles. The van der Waals surface area contributed by atoms with Gasteiger partial charge in [-0.25, -0.2) is 18.7 Å². The topological polar surface area (TPSA) is 122 Å². The van der Waals surface area contributed by atoms with Gasteiger partial charge in [0.2, 0.25) is 5.88 Å². The molecule has 0 fully saturated rings. The summed E-state index contributed by atoms with van der Waals surface area (Å²) in [5.41, 5.74) is 3.32. The Morgan fingerprint density at radius 3 is 2.83 bits per heavy atom. The molecule has 0 aliphatic carbocycles. The van der Waals surface area contributed by atoms with Crippen molar-refractivity contribution in [2.75, 3.05) is 11.4 Å². The van der Waals surface area contributed by atoms with Crippen LogP contribution in [0.4, 0.5) is 14.6 Å². The molecule has 0 radical (unpaired) electrons. The molecule has 10 nitrogen and oxygen atoms in total. The normalized spacial score (nSPS) is 13.3. The first kappa shape index (κ1) is 21.0. The summed E-state index contributed by atoms with van der Waals surface area (Å²) in [5, 5.41) is 25.0. The van der Waals surface area contributed by atoms with Gasteiger partial charge in [-0.1, -0.05) is 23.4 Å². The van der Waals surface area contributed by atoms with Crippen molar-refractivity contribution in [1.29, 1.82) is 0 Å². The minimum Gasteiger partial charge on any atom is -0.492 e. The first-order chi connectivity index (χ1) is 17.1. The SMILES string of the molecule is Oc1n[nH]c2c1CCN(c1nc(-c3cc(-c4ccon4)n(Cc4ccccc4F)n3)ncc1F)C2. The van der Waals surface area contributed by atoms with Gasteiger partial charge in [0.05, 0.1) is 30.7 Å². The first-order valence-electron chi connectivity index (χ1n) is 10.8. The van der Waals surface area contributed by atoms with Crippen LogP contribution in [-0.4, -0.2) is 46.8 Å². The summed E-state index contributed by atoms with van der Waals surface area (Å²) in [6, 6.07) is 9.80. The predicted molar refractivity (Wildman–Crippen MR) is 119 cm³/mol. The number of anilines is 1. The number of hydrogen-bond donors (Lipinski definition) is 2. The Labute approximate surface area is 196 Å². The molecule has 0 bridgehead atoms. The van der Waals surface area contributed by atoms with Crippen molar-refractivity contribution in [2.24, 2.45) is 0 Å². The van der Waals surface area contributed by atoms with Crippen molar-refractivity contribution in [1.82, 2.24) is 35.1 Å². The van der Waals surface area contributed by atoms with E-state index in [4.69, 9.17) is 4.52 Å². The zero-order valence-electron chi connectivity index (χ0n) is 18.2. The Morgan fingerprint density at radius 2 is 2.00 bits per heavy atom. The van der Waals surface area contributed by atoms with Crippen molar-refractivity contribution < 1.29 is 18.4 Å². The number of H-pyrrole nitrogens is 1. The quantitative estimate of drug-likeness (QED) is 0.396. The molecular weight excluding hydrogens is 458 g/mol. The fourth-order valence-electron chi connectivity index (χ4n) is 4.17. The number of aromatic nitrogens is 7. The zero-order valence-corrected chi connectivity index (χ0v) is 18.2. The van der Waals surface area contributed by atoms with Crippen LogP contribution in [0.5, 0.6) is 5.88 Å². The van der Waals surface area contributed by atoms with Gasteiger partial charge in [-0.05, 0) is 18.6 Å². The maximum Gasteiger partial charge on any atom is 0.233 e. The number of aromatic amines is 1. The number of aromatic hydroxyl groups is 1. The fraction of sp³-hybridized carbons (Fsp3) is 0.174. The Morgan fingerprint density at radius 1 is 1.11 bits per heavy atom. The Hall–Kier alpha value is -4.61. The van der Waals surface area contributed by atoms with Gasteiger partial charge in [-0.15, -0.1) is 5.10 Å². The molecule has 0 atom stereocenters. The molecule has 12 heteroatoms. The molecule has 0 saturated heterocycles. The van der Waals surface area contributed by atoms with E-state index in [1.807, 2.05) is 0 Å². The van der Waals surface area contributed by atoms with Crippen LogP contribution >= 0.6 is 0 Å². The molecule has 176 valence electrons. The van der Waals surface area contributed by atoms with Gasteiger partial charge in [0.1, 0.15) is 23.5 Å². The lowest BCUT2D eigenvalue weighted by Crippen LogP contribution is -2.31. The van der Waals surface area contributed by atoms with E-state index in [2.05, 4.69) is 30.4 Å². The lowest BCUT2D eigenvalue weighted by molar-refractivity contribution is 0.421. The van der Waals surface area contributed by atoms with Crippen LogP contribution in [0.2, 0.25) is 0 Å². The molecule has 0 amide bonds. The third kappa shape index (κ3) is 3.78. The summed E-state index contributed by atoms with van der Waals surface area (Å²) in [7, 11) is 0. The van der Waals surface area contributed by atoms with Crippen molar-refractivity contribution in [3.05, 3.63) is 77.3 Å². The van der Waals surface area contributed by atoms with Crippen LogP contribution in [0.1, 0.15) is 16.8 Å². The molecule has 1 aromatic carbocycles. The van der Waals surface area contributed by atoms with Gasteiger partial charge in [0.15, 0.2) is 17.5 Å². The van der Waals surface area contributed by atoms with Crippen molar-refractivity contribution >= 4 is 5.82 Å². The summed E-state index contributed by atoms with van der Waals surface area (Å²) in [5.74, 6) is -0.656. The summed E-state index contributed by atoms with van der Waals surface area (Å²) >= 11 is 0. The van der Waals surface area contributed by atoms with Crippen molar-refractivity contribution in [3.63, 3.8) is 0 Å². The predicted octanol–water partition coefficient (Wildman–Crippen LogP) is 3.31. The summed E-state index contributed by atoms with van der Waals surface area (Å²) < 4.78 is 35.6. The van der Waals surface area contributed by atoms with E-state index in [9.17, 15) is 13.9 Å². The highest BCUT2D eigenvalue weighted by Crippen LogP contribution is 2.30. The third-order valence-electron chi connectivity index (χ3n) is 5.92. The number of hydrogen-bond acceptors (Lipinski definition) is 8. The summed E-state index contributed by atoms with van der Waals surface area (Å²) in [6.45, 7) is 0.892. The van der Waals surface area contributed by atoms with E-state index < -0.39 is 5.82 Å². The van der Waals surface area contributed by atoms with Gasteiger partial charge < -0.3 is 14.5 Å². The second kappa shape index (κ2) is 8.31. The van der Waals surface area contributed by atoms with Gasteiger partial charge in [-0.3, -0.25) is 9.78 Å². The van der Waals surface area contributed by atoms with Gasteiger partial charge in [0.25, 0.3) is 0 Å². The first-order valence-corrected chi connectivity index (χ1v) is 10.8. The number of halogens is 2. The van der Waals surface area contributed by atoms with Gasteiger partial charge in [-0.2, -0.15) is 5.10 Å². The Balaban J connectivity index is 1.37. The molecule has 6 rings (SSSR count). The van der Waals surface area contributed by atoms with E-state index in [0.29, 0.717) is 47.8 Å². The van der Waals surface area contributed by atoms with Crippen LogP contribution in [0.25, 0.3) is 22.9 Å². The highest BCUT2D eigenvalue weighted by Gasteiger charge is 2.26. The average Bonchev–Trinajstić information content (AvgIpc) is 3.61. The molecule has 5 aromatic rings. The number of rotatable bonds is 5. The molecule has 4 aromatic heterocycles. The average molecular weight is 476 g/mol. The lowest BCUT2D eigenvalue weighted by atomic mass is 10.1. The summed E-state index contributed by atoms with van der Waals surface area (Å²) in [6.07, 6.45) is 3.02. The minimum absolute atomic E-state index is 0.0377. The maximum absolute atomic E-state index is 14.8. The molecule has 1 aliphatic rings. The van der Waals surface area contributed by atoms with Crippen LogP contribution < -0.4 is 4.90 Å². The van der Waals surface area contributed by atoms with Crippen molar-refractivity contribution in [3.8, 4) is 28.8 Å². The maximum atomic E-state index is 14.8. The number of nitrogens with one attached hydrogen (secondary N) is 1. The Bertz CT molecular complexity index is 1510. The van der Waals surface area contributed by atoms with Crippen LogP contribution in [0.3, 0.4) is 0 Å². The highest BCUT2D eigenvalue weighted by atomic mass is 19.1. The van der Waals surface area contributed by atoms with Crippen LogP contribution in [-0.2, 0) is 19.5 Å². The number of benzene rings is 1. The molecule has 2 N–H and O–H groups in total. The number of fused-ring (bicyclic) bond motifs is 1. The van der Waals surface area contributed by atoms with E-state index in [1.165, 1.54) is 12.3 Å². The minimum atomic E-state index is -0.580. The van der Waals surface area contributed by atoms with Crippen molar-refractivity contribution in [2.45, 2.75) is 19.5 Å². The highest BCUT2D eigenvalue weighted by molar-refractivity contribution is 5.63. The monoisotopic (exact) mass is 476 g/mol. The van der Waals surface area contributed by atoms with Gasteiger partial charge in [0, 0.05) is 23.7 Å². The molecular formula is C23H18F2N8O2. The lowest BCUT2D eigenvalue weighted by Gasteiger charge is -2.27. The Kier molecular flexibility index (Phi) is 4.98. The molecule has 0 spiro atoms. The van der Waals surface area contributed by atoms with E-state index in [-0.39, 0.29) is 29.9 Å². The van der Waals surface area contributed by atoms with Gasteiger partial charge >= 0.3 is 0 Å². The van der Waals surface area contributed by atoms with E-state index in [1.54, 1.807) is 39.9 Å². The molecule has 0 unspecified atom stereocenters. The van der Waals surface area contributed by atoms with E-state index >= 15 is 0 Å². The molecule has 5 heterocycles. The zero-order chi connectivity index (χ0) is 23.9. The second-order valence-electron chi connectivity index (χ2n) is 8.09. The fourth-order valence-corrected chi connectivity index (χ4v) is 4.17. The molecule has 1 aliphatic heterocycles. The van der Waals surface area contributed by atoms with E-state index in [0.717, 1.165) is 11.8 Å². The standard InChI is InChI=1S/C23H18F2N8O2/c24-15-4-2-1-3-13(15)11-33-20(17-6-8-35-31-17)9-18(30-33)21-26-10-16(25)22(27-21)32-7-5-14-19(12-32)28-29-23(14)34/h1-4,6,8-10H,5,7,11-12H2,(H2,28,29,34). The smallest absolute Gasteiger partial charge is 0.233 e. The van der Waals surface area contributed by atoms with Crippen LogP contribution in [0, 0.1) is 11.6 Å². The molecule has 35 heavy (non-hydrogen) atoms.